The van der Waals surface area contributed by atoms with E-state index in [1.807, 2.05) is 28.6 Å². The highest BCUT2D eigenvalue weighted by molar-refractivity contribution is 6.31. The van der Waals surface area contributed by atoms with Gasteiger partial charge in [0.1, 0.15) is 5.82 Å². The van der Waals surface area contributed by atoms with Crippen LogP contribution in [0.3, 0.4) is 0 Å². The van der Waals surface area contributed by atoms with Gasteiger partial charge >= 0.3 is 0 Å². The predicted octanol–water partition coefficient (Wildman–Crippen LogP) is 3.94. The number of carbonyl (C=O) groups is 2. The molecule has 2 saturated heterocycles. The molecule has 0 radical (unpaired) electrons. The molecule has 1 aromatic carbocycles. The quantitative estimate of drug-likeness (QED) is 0.526. The number of benzene rings is 1. The zero-order chi connectivity index (χ0) is 25.7. The van der Waals surface area contributed by atoms with Crippen LogP contribution in [0.4, 0.5) is 11.5 Å². The van der Waals surface area contributed by atoms with Crippen LogP contribution in [0.15, 0.2) is 30.5 Å². The highest BCUT2D eigenvalue weighted by Gasteiger charge is 2.34. The highest BCUT2D eigenvalue weighted by atomic mass is 35.5. The number of amides is 2. The molecular weight excluding hydrogens is 490 g/mol. The molecule has 1 saturated carbocycles. The summed E-state index contributed by atoms with van der Waals surface area (Å²) in [5, 5.41) is 8.26. The van der Waals surface area contributed by atoms with Gasteiger partial charge in [0, 0.05) is 54.4 Å². The first kappa shape index (κ1) is 24.2. The number of halogens is 1. The van der Waals surface area contributed by atoms with E-state index in [0.717, 1.165) is 74.3 Å². The molecule has 2 amide bonds. The number of carbonyl (C=O) groups excluding carboxylic acids is 2. The van der Waals surface area contributed by atoms with Crippen molar-refractivity contribution in [3.63, 3.8) is 0 Å². The van der Waals surface area contributed by atoms with Gasteiger partial charge in [-0.25, -0.2) is 9.50 Å². The Kier molecular flexibility index (Phi) is 6.28. The Hall–Kier alpha value is -3.17. The molecule has 0 spiro atoms. The molecule has 2 unspecified atom stereocenters. The van der Waals surface area contributed by atoms with Crippen LogP contribution < -0.4 is 16.0 Å². The van der Waals surface area contributed by atoms with Gasteiger partial charge in [-0.15, -0.1) is 0 Å². The monoisotopic (exact) mass is 521 g/mol. The zero-order valence-corrected chi connectivity index (χ0v) is 21.7. The third kappa shape index (κ3) is 4.78. The number of fused-ring (bicyclic) bond motifs is 1. The van der Waals surface area contributed by atoms with Crippen LogP contribution in [-0.2, 0) is 4.79 Å². The number of aromatic nitrogens is 3. The minimum Gasteiger partial charge on any atom is -0.355 e. The minimum atomic E-state index is -0.183. The van der Waals surface area contributed by atoms with Crippen LogP contribution in [0.25, 0.3) is 5.65 Å². The zero-order valence-electron chi connectivity index (χ0n) is 21.0. The van der Waals surface area contributed by atoms with Crippen molar-refractivity contribution in [2.45, 2.75) is 57.5 Å². The molecule has 9 nitrogen and oxygen atoms in total. The number of anilines is 2. The first-order chi connectivity index (χ1) is 17.9. The van der Waals surface area contributed by atoms with E-state index < -0.39 is 0 Å². The average molecular weight is 522 g/mol. The fourth-order valence-electron chi connectivity index (χ4n) is 5.50. The Labute approximate surface area is 221 Å². The summed E-state index contributed by atoms with van der Waals surface area (Å²) in [5.74, 6) is 0.796. The maximum absolute atomic E-state index is 13.9. The molecule has 37 heavy (non-hydrogen) atoms. The van der Waals surface area contributed by atoms with Crippen LogP contribution in [0.1, 0.15) is 66.2 Å². The van der Waals surface area contributed by atoms with Crippen molar-refractivity contribution in [3.05, 3.63) is 52.3 Å². The smallest absolute Gasteiger partial charge is 0.256 e. The number of nitrogens with zero attached hydrogens (tertiary/aromatic N) is 5. The summed E-state index contributed by atoms with van der Waals surface area (Å²) in [7, 11) is 0. The largest absolute Gasteiger partial charge is 0.355 e. The van der Waals surface area contributed by atoms with Crippen molar-refractivity contribution in [2.24, 2.45) is 11.7 Å². The lowest BCUT2D eigenvalue weighted by atomic mass is 9.98. The summed E-state index contributed by atoms with van der Waals surface area (Å²) >= 11 is 6.29. The van der Waals surface area contributed by atoms with Crippen LogP contribution in [0.5, 0.6) is 0 Å². The van der Waals surface area contributed by atoms with E-state index in [1.54, 1.807) is 18.2 Å². The first-order valence-electron chi connectivity index (χ1n) is 13.2. The Morgan fingerprint density at radius 1 is 1.11 bits per heavy atom. The summed E-state index contributed by atoms with van der Waals surface area (Å²) in [6.07, 6.45) is 7.48. The highest BCUT2D eigenvalue weighted by Crippen LogP contribution is 2.35. The van der Waals surface area contributed by atoms with E-state index in [9.17, 15) is 9.59 Å². The van der Waals surface area contributed by atoms with E-state index in [-0.39, 0.29) is 29.8 Å². The lowest BCUT2D eigenvalue weighted by molar-refractivity contribution is -0.117. The lowest BCUT2D eigenvalue weighted by Crippen LogP contribution is -2.39. The van der Waals surface area contributed by atoms with E-state index in [4.69, 9.17) is 27.4 Å². The maximum atomic E-state index is 13.9. The van der Waals surface area contributed by atoms with Crippen LogP contribution >= 0.6 is 11.6 Å². The third-order valence-corrected chi connectivity index (χ3v) is 7.91. The molecule has 6 rings (SSSR count). The summed E-state index contributed by atoms with van der Waals surface area (Å²) in [5.41, 5.74) is 9.68. The molecule has 3 fully saturated rings. The summed E-state index contributed by atoms with van der Waals surface area (Å²) < 4.78 is 1.81. The number of aryl methyl sites for hydroxylation is 1. The number of nitrogens with one attached hydrogen (secondary N) is 1. The predicted molar refractivity (Wildman–Crippen MR) is 143 cm³/mol. The van der Waals surface area contributed by atoms with Crippen molar-refractivity contribution in [2.75, 3.05) is 29.9 Å². The Morgan fingerprint density at radius 2 is 1.95 bits per heavy atom. The van der Waals surface area contributed by atoms with Crippen molar-refractivity contribution < 1.29 is 9.59 Å². The fourth-order valence-corrected chi connectivity index (χ4v) is 5.67. The first-order valence-corrected chi connectivity index (χ1v) is 13.5. The molecule has 2 aromatic heterocycles. The minimum absolute atomic E-state index is 0.0384. The second-order valence-electron chi connectivity index (χ2n) is 10.6. The Bertz CT molecular complexity index is 1370. The average Bonchev–Trinajstić information content (AvgIpc) is 3.54. The summed E-state index contributed by atoms with van der Waals surface area (Å²) in [4.78, 5) is 35.4. The molecule has 3 N–H and O–H groups in total. The van der Waals surface area contributed by atoms with E-state index in [0.29, 0.717) is 22.8 Å². The van der Waals surface area contributed by atoms with Crippen molar-refractivity contribution in [3.8, 4) is 0 Å². The van der Waals surface area contributed by atoms with Gasteiger partial charge in [-0.3, -0.25) is 9.59 Å². The van der Waals surface area contributed by atoms with Gasteiger partial charge in [0.2, 0.25) is 5.91 Å². The Morgan fingerprint density at radius 3 is 2.70 bits per heavy atom. The maximum Gasteiger partial charge on any atom is 0.256 e. The molecule has 10 heteroatoms. The van der Waals surface area contributed by atoms with Crippen LogP contribution in [0, 0.1) is 12.8 Å². The molecule has 194 valence electrons. The molecule has 3 aromatic rings. The second-order valence-corrected chi connectivity index (χ2v) is 11.0. The van der Waals surface area contributed by atoms with Gasteiger partial charge in [-0.2, -0.15) is 5.10 Å². The molecule has 0 bridgehead atoms. The number of nitrogens with two attached hydrogens (primary N) is 1. The van der Waals surface area contributed by atoms with Crippen LogP contribution in [0.2, 0.25) is 5.02 Å². The van der Waals surface area contributed by atoms with E-state index in [2.05, 4.69) is 10.2 Å². The van der Waals surface area contributed by atoms with Crippen molar-refractivity contribution in [1.29, 1.82) is 0 Å². The molecule has 2 aliphatic heterocycles. The van der Waals surface area contributed by atoms with Crippen molar-refractivity contribution in [1.82, 2.24) is 19.5 Å². The van der Waals surface area contributed by atoms with Gasteiger partial charge in [-0.1, -0.05) is 11.6 Å². The van der Waals surface area contributed by atoms with Gasteiger partial charge in [0.15, 0.2) is 5.65 Å². The number of rotatable bonds is 5. The molecule has 3 aliphatic rings. The van der Waals surface area contributed by atoms with Gasteiger partial charge in [-0.05, 0) is 63.6 Å². The summed E-state index contributed by atoms with van der Waals surface area (Å²) in [6.45, 7) is 4.36. The molecular formula is C27H32ClN7O2. The van der Waals surface area contributed by atoms with Gasteiger partial charge < -0.3 is 20.9 Å². The third-order valence-electron chi connectivity index (χ3n) is 7.67. The number of hydrogen-bond acceptors (Lipinski definition) is 6. The van der Waals surface area contributed by atoms with Crippen LogP contribution in [-0.4, -0.2) is 57.0 Å². The normalized spacial score (nSPS) is 22.0. The van der Waals surface area contributed by atoms with Gasteiger partial charge in [0.05, 0.1) is 23.0 Å². The van der Waals surface area contributed by atoms with E-state index >= 15 is 0 Å². The Balaban J connectivity index is 1.31. The lowest BCUT2D eigenvalue weighted by Gasteiger charge is -2.35. The topological polar surface area (TPSA) is 109 Å². The SMILES string of the molecule is Cc1cn2nc(C3CCCCN3C(=O)c3cc(Cl)ccc3NC(=O)C3CC3)cc2nc1N1CCC(N)C1. The molecule has 2 atom stereocenters. The van der Waals surface area contributed by atoms with Crippen molar-refractivity contribution >= 4 is 40.6 Å². The molecule has 1 aliphatic carbocycles. The summed E-state index contributed by atoms with van der Waals surface area (Å²) in [6, 6.07) is 7.05. The number of hydrogen-bond donors (Lipinski definition) is 2. The van der Waals surface area contributed by atoms with E-state index in [1.165, 1.54) is 0 Å². The van der Waals surface area contributed by atoms with Gasteiger partial charge in [0.25, 0.3) is 5.91 Å². The second kappa shape index (κ2) is 9.61. The fraction of sp³-hybridized carbons (Fsp3) is 0.481. The number of likely N-dealkylation sites (tertiary alicyclic amines) is 1. The molecule has 4 heterocycles. The number of piperidine rings is 1. The standard InChI is InChI=1S/C27H32ClN7O2/c1-16-14-35-24(31-25(16)33-11-9-19(29)15-33)13-22(32-35)23-4-2-3-10-34(23)27(37)20-12-18(28)7-8-21(20)30-26(36)17-5-6-17/h7-8,12-14,17,19,23H,2-6,9-11,15,29H2,1H3,(H,30,36).